The molecule has 0 saturated carbocycles. The maximum absolute atomic E-state index is 14.1. The molecule has 1 fully saturated rings. The van der Waals surface area contributed by atoms with Crippen molar-refractivity contribution in [2.45, 2.75) is 38.8 Å². The Morgan fingerprint density at radius 3 is 2.59 bits per heavy atom. The van der Waals surface area contributed by atoms with Crippen LogP contribution >= 0.6 is 0 Å². The Bertz CT molecular complexity index is 1580. The average molecular weight is 565 g/mol. The summed E-state index contributed by atoms with van der Waals surface area (Å²) in [5, 5.41) is 6.84. The topological polar surface area (TPSA) is 115 Å². The van der Waals surface area contributed by atoms with Gasteiger partial charge >= 0.3 is 0 Å². The van der Waals surface area contributed by atoms with E-state index in [4.69, 9.17) is 14.2 Å². The van der Waals surface area contributed by atoms with E-state index in [1.54, 1.807) is 31.5 Å². The Labute approximate surface area is 235 Å². The minimum Gasteiger partial charge on any atom is -0.493 e. The molecular formula is C30H30F2N4O5. The van der Waals surface area contributed by atoms with E-state index in [1.165, 1.54) is 26.2 Å². The van der Waals surface area contributed by atoms with Crippen molar-refractivity contribution in [2.24, 2.45) is 0 Å². The van der Waals surface area contributed by atoms with Crippen LogP contribution in [0.3, 0.4) is 0 Å². The van der Waals surface area contributed by atoms with Gasteiger partial charge in [0.2, 0.25) is 5.91 Å². The molecule has 2 aromatic carbocycles. The zero-order chi connectivity index (χ0) is 29.1. The molecule has 0 spiro atoms. The number of nitrogens with zero attached hydrogens (tertiary/aromatic N) is 1. The maximum Gasteiger partial charge on any atom is 0.216 e. The van der Waals surface area contributed by atoms with Gasteiger partial charge < -0.3 is 29.8 Å². The number of carbonyl (C=O) groups is 2. The smallest absolute Gasteiger partial charge is 0.216 e. The number of carbonyl (C=O) groups excluding carboxylic acids is 2. The second kappa shape index (κ2) is 11.9. The molecule has 11 heteroatoms. The Balaban J connectivity index is 1.40. The molecule has 0 bridgehead atoms. The first-order valence-corrected chi connectivity index (χ1v) is 13.2. The molecule has 41 heavy (non-hydrogen) atoms. The second-order valence-corrected chi connectivity index (χ2v) is 9.90. The van der Waals surface area contributed by atoms with E-state index >= 15 is 0 Å². The lowest BCUT2D eigenvalue weighted by Gasteiger charge is -2.30. The zero-order valence-electron chi connectivity index (χ0n) is 22.8. The normalized spacial score (nSPS) is 16.8. The number of aryl methyl sites for hydroxylation is 1. The van der Waals surface area contributed by atoms with Gasteiger partial charge in [0.25, 0.3) is 0 Å². The Kier molecular flexibility index (Phi) is 8.16. The molecule has 5 rings (SSSR count). The quantitative estimate of drug-likeness (QED) is 0.237. The van der Waals surface area contributed by atoms with Gasteiger partial charge in [0.1, 0.15) is 11.4 Å². The summed E-state index contributed by atoms with van der Waals surface area (Å²) in [6, 6.07) is 8.03. The molecule has 4 aromatic rings. The molecule has 3 heterocycles. The van der Waals surface area contributed by atoms with Gasteiger partial charge in [-0.1, -0.05) is 6.07 Å². The van der Waals surface area contributed by atoms with Gasteiger partial charge in [-0.25, -0.2) is 13.8 Å². The molecule has 214 valence electrons. The van der Waals surface area contributed by atoms with Crippen LogP contribution in [0.4, 0.5) is 14.5 Å². The van der Waals surface area contributed by atoms with E-state index in [2.05, 4.69) is 20.6 Å². The third kappa shape index (κ3) is 5.99. The highest BCUT2D eigenvalue weighted by atomic mass is 19.1. The maximum atomic E-state index is 14.1. The lowest BCUT2D eigenvalue weighted by Crippen LogP contribution is -2.40. The number of pyridine rings is 1. The van der Waals surface area contributed by atoms with E-state index in [0.717, 1.165) is 25.0 Å². The minimum absolute atomic E-state index is 0.0575. The second-order valence-electron chi connectivity index (χ2n) is 9.90. The van der Waals surface area contributed by atoms with Crippen molar-refractivity contribution in [3.05, 3.63) is 77.1 Å². The predicted molar refractivity (Wildman–Crippen MR) is 149 cm³/mol. The van der Waals surface area contributed by atoms with Crippen molar-refractivity contribution in [1.29, 1.82) is 0 Å². The summed E-state index contributed by atoms with van der Waals surface area (Å²) in [5.41, 5.74) is 2.46. The predicted octanol–water partition coefficient (Wildman–Crippen LogP) is 5.28. The van der Waals surface area contributed by atoms with Crippen LogP contribution in [-0.2, 0) is 9.53 Å². The first-order valence-electron chi connectivity index (χ1n) is 13.2. The minimum atomic E-state index is -0.824. The molecule has 0 radical (unpaired) electrons. The number of H-pyrrole nitrogens is 1. The van der Waals surface area contributed by atoms with Gasteiger partial charge in [-0.15, -0.1) is 0 Å². The van der Waals surface area contributed by atoms with E-state index in [9.17, 15) is 18.4 Å². The van der Waals surface area contributed by atoms with Gasteiger partial charge in [-0.3, -0.25) is 9.59 Å². The summed E-state index contributed by atoms with van der Waals surface area (Å²) in [7, 11) is 1.53. The number of para-hydroxylation sites is 1. The molecule has 1 aliphatic rings. The number of halogens is 2. The van der Waals surface area contributed by atoms with Crippen molar-refractivity contribution >= 4 is 28.4 Å². The highest BCUT2D eigenvalue weighted by molar-refractivity contribution is 6.19. The molecule has 3 N–H and O–H groups in total. The monoisotopic (exact) mass is 564 g/mol. The number of ketones is 1. The number of methoxy groups -OCH3 is 1. The van der Waals surface area contributed by atoms with Crippen LogP contribution in [-0.4, -0.2) is 54.1 Å². The first kappa shape index (κ1) is 28.0. The molecule has 1 amide bonds. The number of hydrogen-bond donors (Lipinski definition) is 3. The van der Waals surface area contributed by atoms with Gasteiger partial charge in [0.15, 0.2) is 28.9 Å². The summed E-state index contributed by atoms with van der Waals surface area (Å²) < 4.78 is 45.1. The van der Waals surface area contributed by atoms with Crippen LogP contribution in [0.2, 0.25) is 0 Å². The van der Waals surface area contributed by atoms with Crippen LogP contribution < -0.4 is 20.1 Å². The fourth-order valence-corrected chi connectivity index (χ4v) is 4.90. The van der Waals surface area contributed by atoms with Crippen LogP contribution in [0.5, 0.6) is 17.2 Å². The molecule has 2 aromatic heterocycles. The van der Waals surface area contributed by atoms with Crippen LogP contribution in [0.25, 0.3) is 11.0 Å². The number of ether oxygens (including phenoxy) is 3. The van der Waals surface area contributed by atoms with Crippen LogP contribution in [0.1, 0.15) is 41.3 Å². The molecule has 1 aliphatic heterocycles. The summed E-state index contributed by atoms with van der Waals surface area (Å²) in [5.74, 6) is -1.86. The Morgan fingerprint density at radius 2 is 1.93 bits per heavy atom. The number of nitrogens with one attached hydrogen (secondary N) is 3. The SMILES string of the molecule is COc1cnc2[nH]cc(C(=O)c3ccc(Oc4c(F)cccc4F)cc3C)c2c1N[C@@H]1CC[C@@H](CNC(C)=O)OC1. The largest absolute Gasteiger partial charge is 0.493 e. The highest BCUT2D eigenvalue weighted by Gasteiger charge is 2.26. The summed E-state index contributed by atoms with van der Waals surface area (Å²) >= 11 is 0. The molecule has 9 nitrogen and oxygen atoms in total. The summed E-state index contributed by atoms with van der Waals surface area (Å²) in [4.78, 5) is 32.5. The van der Waals surface area contributed by atoms with Crippen molar-refractivity contribution in [1.82, 2.24) is 15.3 Å². The lowest BCUT2D eigenvalue weighted by atomic mass is 9.98. The number of hydrogen-bond acceptors (Lipinski definition) is 7. The molecular weight excluding hydrogens is 534 g/mol. The number of aromatic nitrogens is 2. The van der Waals surface area contributed by atoms with Crippen molar-refractivity contribution in [3.63, 3.8) is 0 Å². The van der Waals surface area contributed by atoms with Gasteiger partial charge in [-0.2, -0.15) is 0 Å². The highest BCUT2D eigenvalue weighted by Crippen LogP contribution is 2.37. The lowest BCUT2D eigenvalue weighted by molar-refractivity contribution is -0.119. The van der Waals surface area contributed by atoms with Crippen LogP contribution in [0, 0.1) is 18.6 Å². The number of aromatic amines is 1. The van der Waals surface area contributed by atoms with E-state index in [0.29, 0.717) is 52.3 Å². The molecule has 0 aliphatic carbocycles. The van der Waals surface area contributed by atoms with E-state index < -0.39 is 17.4 Å². The fraction of sp³-hybridized carbons (Fsp3) is 0.300. The summed E-state index contributed by atoms with van der Waals surface area (Å²) in [6.07, 6.45) is 4.65. The number of anilines is 1. The molecule has 1 saturated heterocycles. The van der Waals surface area contributed by atoms with Gasteiger partial charge in [0.05, 0.1) is 42.7 Å². The van der Waals surface area contributed by atoms with Crippen LogP contribution in [0.15, 0.2) is 48.8 Å². The average Bonchev–Trinajstić information content (AvgIpc) is 3.39. The van der Waals surface area contributed by atoms with E-state index in [-0.39, 0.29) is 29.6 Å². The third-order valence-corrected chi connectivity index (χ3v) is 7.01. The van der Waals surface area contributed by atoms with Gasteiger partial charge in [0, 0.05) is 31.3 Å². The number of fused-ring (bicyclic) bond motifs is 1. The molecule has 2 atom stereocenters. The van der Waals surface area contributed by atoms with E-state index in [1.807, 2.05) is 0 Å². The van der Waals surface area contributed by atoms with Crippen molar-refractivity contribution in [2.75, 3.05) is 25.6 Å². The first-order chi connectivity index (χ1) is 19.7. The number of rotatable bonds is 9. The van der Waals surface area contributed by atoms with Crippen molar-refractivity contribution < 1.29 is 32.6 Å². The third-order valence-electron chi connectivity index (χ3n) is 7.01. The number of benzene rings is 2. The van der Waals surface area contributed by atoms with Crippen molar-refractivity contribution in [3.8, 4) is 17.2 Å². The summed E-state index contributed by atoms with van der Waals surface area (Å²) in [6.45, 7) is 4.07. The molecule has 0 unspecified atom stereocenters. The number of amides is 1. The Morgan fingerprint density at radius 1 is 1.15 bits per heavy atom. The standard InChI is InChI=1S/C30H30F2N4O5/c1-16-11-19(41-29-23(31)5-4-6-24(29)32)9-10-21(16)28(38)22-13-34-30-26(22)27(25(39-3)14-35-30)36-18-7-8-20(40-15-18)12-33-17(2)37/h4-6,9-11,13-14,18,20H,7-8,12,15H2,1-3H3,(H,33,37)(H2,34,35,36)/t18-,20+/m1/s1. The zero-order valence-corrected chi connectivity index (χ0v) is 22.8. The fourth-order valence-electron chi connectivity index (χ4n) is 4.90. The Hall–Kier alpha value is -4.51. The van der Waals surface area contributed by atoms with Gasteiger partial charge in [-0.05, 0) is 55.7 Å².